The highest BCUT2D eigenvalue weighted by molar-refractivity contribution is 6.32. The van der Waals surface area contributed by atoms with Crippen LogP contribution < -0.4 is 4.74 Å². The van der Waals surface area contributed by atoms with Crippen molar-refractivity contribution in [2.24, 2.45) is 0 Å². The number of aliphatic carboxylic acids is 1. The predicted molar refractivity (Wildman–Crippen MR) is 112 cm³/mol. The van der Waals surface area contributed by atoms with Gasteiger partial charge in [-0.3, -0.25) is 9.69 Å². The number of ether oxygens (including phenoxy) is 1. The fraction of sp³-hybridized carbons (Fsp3) is 0.318. The average molecular weight is 428 g/mol. The van der Waals surface area contributed by atoms with E-state index < -0.39 is 5.97 Å². The summed E-state index contributed by atoms with van der Waals surface area (Å²) in [5, 5.41) is 13.7. The minimum atomic E-state index is -0.764. The summed E-state index contributed by atoms with van der Waals surface area (Å²) in [5.74, 6) is 0.696. The molecule has 4 rings (SSSR count). The van der Waals surface area contributed by atoms with Crippen molar-refractivity contribution in [2.75, 3.05) is 6.54 Å². The second-order valence-electron chi connectivity index (χ2n) is 7.55. The van der Waals surface area contributed by atoms with Crippen LogP contribution in [0.25, 0.3) is 22.8 Å². The zero-order chi connectivity index (χ0) is 21.3. The summed E-state index contributed by atoms with van der Waals surface area (Å²) >= 11 is 6.30. The Morgan fingerprint density at radius 3 is 2.60 bits per heavy atom. The zero-order valence-electron chi connectivity index (χ0n) is 16.7. The van der Waals surface area contributed by atoms with Crippen LogP contribution in [0.1, 0.15) is 25.8 Å². The maximum atomic E-state index is 11.1. The molecule has 0 amide bonds. The number of halogens is 1. The minimum Gasteiger partial charge on any atom is -0.489 e. The molecule has 1 fully saturated rings. The number of rotatable bonds is 7. The van der Waals surface area contributed by atoms with Crippen molar-refractivity contribution < 1.29 is 19.2 Å². The van der Waals surface area contributed by atoms with Gasteiger partial charge in [0.2, 0.25) is 5.82 Å². The number of likely N-dealkylation sites (tertiary alicyclic amines) is 1. The molecule has 0 radical (unpaired) electrons. The van der Waals surface area contributed by atoms with E-state index in [9.17, 15) is 4.79 Å². The molecule has 0 aliphatic carbocycles. The monoisotopic (exact) mass is 427 g/mol. The Labute approximate surface area is 179 Å². The quantitative estimate of drug-likeness (QED) is 0.593. The van der Waals surface area contributed by atoms with Crippen LogP contribution in [-0.2, 0) is 11.3 Å². The largest absolute Gasteiger partial charge is 0.489 e. The first kappa shape index (κ1) is 20.4. The first-order chi connectivity index (χ1) is 14.4. The molecule has 7 nitrogen and oxygen atoms in total. The molecular formula is C22H22ClN3O4. The second kappa shape index (κ2) is 8.45. The number of carboxylic acids is 1. The molecule has 1 atom stereocenters. The Bertz CT molecular complexity index is 1050. The van der Waals surface area contributed by atoms with E-state index in [0.29, 0.717) is 35.5 Å². The van der Waals surface area contributed by atoms with Gasteiger partial charge in [-0.1, -0.05) is 28.9 Å². The molecule has 1 aliphatic heterocycles. The third-order valence-electron chi connectivity index (χ3n) is 4.98. The maximum Gasteiger partial charge on any atom is 0.320 e. The van der Waals surface area contributed by atoms with Crippen LogP contribution in [0.15, 0.2) is 47.0 Å². The first-order valence-electron chi connectivity index (χ1n) is 9.77. The predicted octanol–water partition coefficient (Wildman–Crippen LogP) is 4.50. The first-order valence-corrected chi connectivity index (χ1v) is 10.1. The highest BCUT2D eigenvalue weighted by Gasteiger charge is 2.33. The molecule has 1 aliphatic rings. The van der Waals surface area contributed by atoms with E-state index in [1.165, 1.54) is 0 Å². The van der Waals surface area contributed by atoms with E-state index in [1.54, 1.807) is 12.1 Å². The van der Waals surface area contributed by atoms with Gasteiger partial charge in [0.15, 0.2) is 0 Å². The Morgan fingerprint density at radius 2 is 2.00 bits per heavy atom. The van der Waals surface area contributed by atoms with E-state index in [-0.39, 0.29) is 12.1 Å². The number of hydrogen-bond acceptors (Lipinski definition) is 6. The molecule has 0 unspecified atom stereocenters. The Hall–Kier alpha value is -2.90. The molecule has 0 spiro atoms. The average Bonchev–Trinajstić information content (AvgIpc) is 3.17. The van der Waals surface area contributed by atoms with Crippen molar-refractivity contribution in [3.8, 4) is 28.6 Å². The van der Waals surface area contributed by atoms with Crippen molar-refractivity contribution >= 4 is 17.6 Å². The Morgan fingerprint density at radius 1 is 1.27 bits per heavy atom. The standard InChI is InChI=1S/C22H22ClN3O4/c1-13(2)29-19-8-7-16(11-17(19)23)20-24-21(30-25-20)15-5-3-14(4-6-15)12-26-10-9-18(26)22(27)28/h3-8,11,13,18H,9-10,12H2,1-2H3,(H,27,28)/t18-/m0/s1. The molecular weight excluding hydrogens is 406 g/mol. The summed E-state index contributed by atoms with van der Waals surface area (Å²) in [5.41, 5.74) is 2.57. The lowest BCUT2D eigenvalue weighted by atomic mass is 10.0. The summed E-state index contributed by atoms with van der Waals surface area (Å²) in [6, 6.07) is 12.7. The maximum absolute atomic E-state index is 11.1. The highest BCUT2D eigenvalue weighted by atomic mass is 35.5. The molecule has 8 heteroatoms. The summed E-state index contributed by atoms with van der Waals surface area (Å²) in [7, 11) is 0. The van der Waals surface area contributed by atoms with Crippen molar-refractivity contribution in [1.82, 2.24) is 15.0 Å². The lowest BCUT2D eigenvalue weighted by molar-refractivity contribution is -0.148. The molecule has 1 N–H and O–H groups in total. The summed E-state index contributed by atoms with van der Waals surface area (Å²) in [6.07, 6.45) is 0.733. The summed E-state index contributed by atoms with van der Waals surface area (Å²) in [4.78, 5) is 17.6. The molecule has 156 valence electrons. The number of hydrogen-bond donors (Lipinski definition) is 1. The number of carboxylic acid groups (broad SMARTS) is 1. The van der Waals surface area contributed by atoms with Crippen LogP contribution in [0.3, 0.4) is 0 Å². The number of nitrogens with zero attached hydrogens (tertiary/aromatic N) is 3. The van der Waals surface area contributed by atoms with Crippen LogP contribution in [0.4, 0.5) is 0 Å². The van der Waals surface area contributed by atoms with Crippen molar-refractivity contribution in [1.29, 1.82) is 0 Å². The van der Waals surface area contributed by atoms with Gasteiger partial charge in [-0.2, -0.15) is 4.98 Å². The van der Waals surface area contributed by atoms with Crippen LogP contribution in [0.5, 0.6) is 5.75 Å². The molecule has 1 aromatic heterocycles. The molecule has 30 heavy (non-hydrogen) atoms. The van der Waals surface area contributed by atoms with E-state index in [2.05, 4.69) is 10.1 Å². The molecule has 0 bridgehead atoms. The smallest absolute Gasteiger partial charge is 0.320 e. The lowest BCUT2D eigenvalue weighted by Crippen LogP contribution is -2.51. The topological polar surface area (TPSA) is 88.7 Å². The third kappa shape index (κ3) is 4.32. The summed E-state index contributed by atoms with van der Waals surface area (Å²) in [6.45, 7) is 5.29. The Kier molecular flexibility index (Phi) is 5.74. The molecule has 3 aromatic rings. The molecule has 2 heterocycles. The lowest BCUT2D eigenvalue weighted by Gasteiger charge is -2.37. The van der Waals surface area contributed by atoms with Gasteiger partial charge in [-0.25, -0.2) is 0 Å². The SMILES string of the molecule is CC(C)Oc1ccc(-c2noc(-c3ccc(CN4CC[C@H]4C(=O)O)cc3)n2)cc1Cl. The zero-order valence-corrected chi connectivity index (χ0v) is 17.5. The normalized spacial score (nSPS) is 16.5. The third-order valence-corrected chi connectivity index (χ3v) is 5.28. The number of benzene rings is 2. The van der Waals surface area contributed by atoms with Crippen LogP contribution >= 0.6 is 11.6 Å². The van der Waals surface area contributed by atoms with Gasteiger partial charge in [0.1, 0.15) is 11.8 Å². The molecule has 0 saturated carbocycles. The minimum absolute atomic E-state index is 0.0317. The van der Waals surface area contributed by atoms with Gasteiger partial charge >= 0.3 is 5.97 Å². The van der Waals surface area contributed by atoms with Gasteiger partial charge in [0.05, 0.1) is 11.1 Å². The van der Waals surface area contributed by atoms with Gasteiger partial charge in [0, 0.05) is 24.2 Å². The van der Waals surface area contributed by atoms with Crippen LogP contribution in [-0.4, -0.2) is 44.8 Å². The highest BCUT2D eigenvalue weighted by Crippen LogP contribution is 2.31. The molecule has 2 aromatic carbocycles. The van der Waals surface area contributed by atoms with Gasteiger partial charge in [-0.15, -0.1) is 0 Å². The van der Waals surface area contributed by atoms with E-state index in [1.807, 2.05) is 49.1 Å². The van der Waals surface area contributed by atoms with E-state index in [0.717, 1.165) is 23.2 Å². The molecule has 1 saturated heterocycles. The van der Waals surface area contributed by atoms with Crippen LogP contribution in [0, 0.1) is 0 Å². The Balaban J connectivity index is 1.46. The second-order valence-corrected chi connectivity index (χ2v) is 7.95. The number of aromatic nitrogens is 2. The van der Waals surface area contributed by atoms with Gasteiger partial charge in [-0.05, 0) is 56.2 Å². The van der Waals surface area contributed by atoms with Gasteiger partial charge in [0.25, 0.3) is 5.89 Å². The van der Waals surface area contributed by atoms with Crippen molar-refractivity contribution in [3.05, 3.63) is 53.1 Å². The number of carbonyl (C=O) groups is 1. The van der Waals surface area contributed by atoms with E-state index in [4.69, 9.17) is 26.0 Å². The fourth-order valence-corrected chi connectivity index (χ4v) is 3.57. The summed E-state index contributed by atoms with van der Waals surface area (Å²) < 4.78 is 11.1. The van der Waals surface area contributed by atoms with Crippen molar-refractivity contribution in [3.63, 3.8) is 0 Å². The van der Waals surface area contributed by atoms with Crippen molar-refractivity contribution in [2.45, 2.75) is 39.0 Å². The van der Waals surface area contributed by atoms with Crippen LogP contribution in [0.2, 0.25) is 5.02 Å². The fourth-order valence-electron chi connectivity index (χ4n) is 3.34. The van der Waals surface area contributed by atoms with Gasteiger partial charge < -0.3 is 14.4 Å². The van der Waals surface area contributed by atoms with E-state index >= 15 is 0 Å².